The molecule has 2 amide bonds. The number of nitrogens with zero attached hydrogens (tertiary/aromatic N) is 1. The molecule has 0 aliphatic rings. The standard InChI is InChI=1S/C27H30N2O2/c1-19-16-20(2)26(21(3)17-19)28-25(30)18-29(4)27(31)24-13-9-8-12-23(24)15-14-22-10-6-5-7-11-22/h5-13,16-17H,14-15,18H2,1-4H3,(H,28,30). The van der Waals surface area contributed by atoms with Crippen LogP contribution in [0.5, 0.6) is 0 Å². The van der Waals surface area contributed by atoms with Crippen molar-refractivity contribution >= 4 is 17.5 Å². The van der Waals surface area contributed by atoms with Crippen molar-refractivity contribution in [2.24, 2.45) is 0 Å². The number of carbonyl (C=O) groups excluding carboxylic acids is 2. The van der Waals surface area contributed by atoms with Crippen LogP contribution in [0.15, 0.2) is 66.7 Å². The lowest BCUT2D eigenvalue weighted by atomic mass is 9.99. The monoisotopic (exact) mass is 414 g/mol. The van der Waals surface area contributed by atoms with Gasteiger partial charge in [-0.3, -0.25) is 9.59 Å². The second kappa shape index (κ2) is 10.1. The molecule has 0 fully saturated rings. The van der Waals surface area contributed by atoms with Gasteiger partial charge in [0.15, 0.2) is 0 Å². The molecule has 0 saturated carbocycles. The Hall–Kier alpha value is -3.40. The average molecular weight is 415 g/mol. The molecular weight excluding hydrogens is 384 g/mol. The maximum atomic E-state index is 13.1. The highest BCUT2D eigenvalue weighted by Crippen LogP contribution is 2.22. The Kier molecular flexibility index (Phi) is 7.24. The van der Waals surface area contributed by atoms with Crippen LogP contribution < -0.4 is 5.32 Å². The van der Waals surface area contributed by atoms with E-state index in [2.05, 4.69) is 17.4 Å². The van der Waals surface area contributed by atoms with Gasteiger partial charge in [-0.1, -0.05) is 66.2 Å². The second-order valence-corrected chi connectivity index (χ2v) is 8.13. The van der Waals surface area contributed by atoms with Crippen molar-refractivity contribution in [3.8, 4) is 0 Å². The Morgan fingerprint density at radius 1 is 0.839 bits per heavy atom. The predicted octanol–water partition coefficient (Wildman–Crippen LogP) is 5.11. The third kappa shape index (κ3) is 5.82. The average Bonchev–Trinajstić information content (AvgIpc) is 2.75. The molecule has 0 bridgehead atoms. The number of likely N-dealkylation sites (N-methyl/N-ethyl adjacent to an activating group) is 1. The van der Waals surface area contributed by atoms with Crippen LogP contribution in [0, 0.1) is 20.8 Å². The summed E-state index contributed by atoms with van der Waals surface area (Å²) in [6, 6.07) is 22.0. The largest absolute Gasteiger partial charge is 0.332 e. The summed E-state index contributed by atoms with van der Waals surface area (Å²) in [5.74, 6) is -0.344. The van der Waals surface area contributed by atoms with Crippen LogP contribution in [0.4, 0.5) is 5.69 Å². The number of amides is 2. The summed E-state index contributed by atoms with van der Waals surface area (Å²) in [6.45, 7) is 5.99. The SMILES string of the molecule is Cc1cc(C)c(NC(=O)CN(C)C(=O)c2ccccc2CCc2ccccc2)c(C)c1. The summed E-state index contributed by atoms with van der Waals surface area (Å²) >= 11 is 0. The molecule has 0 radical (unpaired) electrons. The van der Waals surface area contributed by atoms with Crippen LogP contribution >= 0.6 is 0 Å². The van der Waals surface area contributed by atoms with E-state index < -0.39 is 0 Å². The van der Waals surface area contributed by atoms with Gasteiger partial charge in [-0.15, -0.1) is 0 Å². The molecule has 0 spiro atoms. The predicted molar refractivity (Wildman–Crippen MR) is 127 cm³/mol. The zero-order chi connectivity index (χ0) is 22.4. The Balaban J connectivity index is 1.67. The summed E-state index contributed by atoms with van der Waals surface area (Å²) in [4.78, 5) is 27.2. The van der Waals surface area contributed by atoms with E-state index in [1.165, 1.54) is 10.5 Å². The zero-order valence-corrected chi connectivity index (χ0v) is 18.7. The molecule has 160 valence electrons. The highest BCUT2D eigenvalue weighted by atomic mass is 16.2. The summed E-state index contributed by atoms with van der Waals surface area (Å²) < 4.78 is 0. The van der Waals surface area contributed by atoms with Gasteiger partial charge >= 0.3 is 0 Å². The van der Waals surface area contributed by atoms with E-state index in [1.54, 1.807) is 7.05 Å². The number of carbonyl (C=O) groups is 2. The van der Waals surface area contributed by atoms with E-state index in [0.29, 0.717) is 5.56 Å². The zero-order valence-electron chi connectivity index (χ0n) is 18.7. The molecule has 0 saturated heterocycles. The van der Waals surface area contributed by atoms with Crippen LogP contribution in [-0.4, -0.2) is 30.3 Å². The first-order chi connectivity index (χ1) is 14.8. The molecule has 3 rings (SSSR count). The first kappa shape index (κ1) is 22.3. The number of aryl methyl sites for hydroxylation is 5. The second-order valence-electron chi connectivity index (χ2n) is 8.13. The Morgan fingerprint density at radius 2 is 1.45 bits per heavy atom. The molecule has 4 heteroatoms. The lowest BCUT2D eigenvalue weighted by Crippen LogP contribution is -2.35. The van der Waals surface area contributed by atoms with Crippen LogP contribution in [0.25, 0.3) is 0 Å². The third-order valence-corrected chi connectivity index (χ3v) is 5.44. The topological polar surface area (TPSA) is 49.4 Å². The van der Waals surface area contributed by atoms with Crippen molar-refractivity contribution in [3.05, 3.63) is 100 Å². The first-order valence-electron chi connectivity index (χ1n) is 10.6. The van der Waals surface area contributed by atoms with Crippen molar-refractivity contribution in [2.45, 2.75) is 33.6 Å². The highest BCUT2D eigenvalue weighted by molar-refractivity contribution is 6.00. The minimum absolute atomic E-state index is 0.00138. The van der Waals surface area contributed by atoms with Crippen LogP contribution in [-0.2, 0) is 17.6 Å². The number of anilines is 1. The minimum Gasteiger partial charge on any atom is -0.332 e. The molecule has 3 aromatic carbocycles. The van der Waals surface area contributed by atoms with Gasteiger partial charge in [-0.2, -0.15) is 0 Å². The lowest BCUT2D eigenvalue weighted by Gasteiger charge is -2.20. The van der Waals surface area contributed by atoms with Gasteiger partial charge in [-0.05, 0) is 61.9 Å². The van der Waals surface area contributed by atoms with E-state index in [9.17, 15) is 9.59 Å². The molecule has 0 unspecified atom stereocenters. The molecule has 0 heterocycles. The van der Waals surface area contributed by atoms with E-state index in [-0.39, 0.29) is 18.4 Å². The number of benzene rings is 3. The molecule has 4 nitrogen and oxygen atoms in total. The van der Waals surface area contributed by atoms with E-state index in [0.717, 1.165) is 40.8 Å². The Morgan fingerprint density at radius 3 is 2.13 bits per heavy atom. The number of nitrogens with one attached hydrogen (secondary N) is 1. The molecule has 0 atom stereocenters. The minimum atomic E-state index is -0.201. The summed E-state index contributed by atoms with van der Waals surface area (Å²) in [7, 11) is 1.67. The van der Waals surface area contributed by atoms with Crippen molar-refractivity contribution in [1.29, 1.82) is 0 Å². The van der Waals surface area contributed by atoms with Crippen LogP contribution in [0.3, 0.4) is 0 Å². The molecule has 3 aromatic rings. The van der Waals surface area contributed by atoms with Crippen molar-refractivity contribution in [2.75, 3.05) is 18.9 Å². The van der Waals surface area contributed by atoms with Crippen molar-refractivity contribution in [3.63, 3.8) is 0 Å². The quantitative estimate of drug-likeness (QED) is 0.584. The van der Waals surface area contributed by atoms with Gasteiger partial charge in [0.1, 0.15) is 0 Å². The fourth-order valence-corrected chi connectivity index (χ4v) is 3.92. The molecule has 0 aromatic heterocycles. The fraction of sp³-hybridized carbons (Fsp3) is 0.259. The van der Waals surface area contributed by atoms with E-state index in [1.807, 2.05) is 75.4 Å². The van der Waals surface area contributed by atoms with Crippen LogP contribution in [0.2, 0.25) is 0 Å². The number of hydrogen-bond acceptors (Lipinski definition) is 2. The van der Waals surface area contributed by atoms with E-state index in [4.69, 9.17) is 0 Å². The van der Waals surface area contributed by atoms with Gasteiger partial charge in [0.2, 0.25) is 5.91 Å². The van der Waals surface area contributed by atoms with Crippen molar-refractivity contribution < 1.29 is 9.59 Å². The van der Waals surface area contributed by atoms with Crippen molar-refractivity contribution in [1.82, 2.24) is 4.90 Å². The normalized spacial score (nSPS) is 10.6. The van der Waals surface area contributed by atoms with Gasteiger partial charge in [0, 0.05) is 18.3 Å². The van der Waals surface area contributed by atoms with Crippen LogP contribution in [0.1, 0.15) is 38.2 Å². The fourth-order valence-electron chi connectivity index (χ4n) is 3.92. The van der Waals surface area contributed by atoms with E-state index >= 15 is 0 Å². The van der Waals surface area contributed by atoms with Gasteiger partial charge in [0.05, 0.1) is 6.54 Å². The summed E-state index contributed by atoms with van der Waals surface area (Å²) in [6.07, 6.45) is 1.63. The smallest absolute Gasteiger partial charge is 0.254 e. The molecule has 1 N–H and O–H groups in total. The molecule has 31 heavy (non-hydrogen) atoms. The Bertz CT molecular complexity index is 1050. The molecular formula is C27H30N2O2. The van der Waals surface area contributed by atoms with Gasteiger partial charge < -0.3 is 10.2 Å². The molecule has 0 aliphatic heterocycles. The highest BCUT2D eigenvalue weighted by Gasteiger charge is 2.18. The maximum Gasteiger partial charge on any atom is 0.254 e. The first-order valence-corrected chi connectivity index (χ1v) is 10.6. The molecule has 0 aliphatic carbocycles. The maximum absolute atomic E-state index is 13.1. The lowest BCUT2D eigenvalue weighted by molar-refractivity contribution is -0.116. The van der Waals surface area contributed by atoms with Gasteiger partial charge in [-0.25, -0.2) is 0 Å². The van der Waals surface area contributed by atoms with Gasteiger partial charge in [0.25, 0.3) is 5.91 Å². The third-order valence-electron chi connectivity index (χ3n) is 5.44. The summed E-state index contributed by atoms with van der Waals surface area (Å²) in [5, 5.41) is 2.97. The number of rotatable bonds is 7. The Labute approximate surface area is 184 Å². The number of hydrogen-bond donors (Lipinski definition) is 1. The summed E-state index contributed by atoms with van der Waals surface area (Å²) in [5.41, 5.74) is 6.90.